The lowest BCUT2D eigenvalue weighted by Gasteiger charge is -2.41. The van der Waals surface area contributed by atoms with Gasteiger partial charge in [-0.05, 0) is 42.4 Å². The van der Waals surface area contributed by atoms with Crippen molar-refractivity contribution in [1.29, 1.82) is 0 Å². The third-order valence-electron chi connectivity index (χ3n) is 8.20. The van der Waals surface area contributed by atoms with E-state index in [1.165, 1.54) is 11.1 Å². The summed E-state index contributed by atoms with van der Waals surface area (Å²) in [4.78, 5) is 24.6. The van der Waals surface area contributed by atoms with Gasteiger partial charge < -0.3 is 5.11 Å². The molecule has 0 spiro atoms. The molecular weight excluding hydrogens is 264 g/mol. The lowest BCUT2D eigenvalue weighted by atomic mass is 9.63. The fraction of sp³-hybridized carbons (Fsp3) is 0.778. The number of carbonyl (C=O) groups is 2. The molecule has 0 saturated heterocycles. The maximum Gasteiger partial charge on any atom is 0.144 e. The summed E-state index contributed by atoms with van der Waals surface area (Å²) in [5.41, 5.74) is 3.00. The highest BCUT2D eigenvalue weighted by atomic mass is 16.3. The van der Waals surface area contributed by atoms with Gasteiger partial charge in [0, 0.05) is 23.9 Å². The zero-order valence-corrected chi connectivity index (χ0v) is 12.7. The molecule has 3 heteroatoms. The molecule has 0 aromatic rings. The van der Waals surface area contributed by atoms with Crippen LogP contribution >= 0.6 is 0 Å². The molecule has 0 radical (unpaired) electrons. The molecule has 3 saturated carbocycles. The van der Waals surface area contributed by atoms with E-state index >= 15 is 0 Å². The van der Waals surface area contributed by atoms with Crippen LogP contribution in [-0.4, -0.2) is 23.3 Å². The molecular formula is C18H22O3. The molecule has 0 unspecified atom stereocenters. The molecule has 3 fully saturated rings. The van der Waals surface area contributed by atoms with E-state index in [-0.39, 0.29) is 47.3 Å². The average Bonchev–Trinajstić information content (AvgIpc) is 3.17. The number of Topliss-reactive ketones (excluding diaryl/α,β-unsaturated/α-hetero) is 2. The Balaban J connectivity index is 1.69. The molecule has 7 atom stereocenters. The van der Waals surface area contributed by atoms with Crippen LogP contribution in [0.5, 0.6) is 0 Å². The first-order valence-electron chi connectivity index (χ1n) is 8.35. The van der Waals surface area contributed by atoms with E-state index in [2.05, 4.69) is 13.8 Å². The van der Waals surface area contributed by atoms with Crippen molar-refractivity contribution in [3.8, 4) is 0 Å². The molecule has 5 rings (SSSR count). The molecule has 5 aliphatic rings. The molecule has 112 valence electrons. The summed E-state index contributed by atoms with van der Waals surface area (Å²) in [6.07, 6.45) is 3.50. The van der Waals surface area contributed by atoms with Crippen molar-refractivity contribution >= 4 is 11.6 Å². The minimum absolute atomic E-state index is 0.00728. The quantitative estimate of drug-likeness (QED) is 0.456. The Morgan fingerprint density at radius 1 is 1.14 bits per heavy atom. The van der Waals surface area contributed by atoms with Crippen molar-refractivity contribution in [3.63, 3.8) is 0 Å². The van der Waals surface area contributed by atoms with Crippen LogP contribution in [0.1, 0.15) is 39.5 Å². The summed E-state index contributed by atoms with van der Waals surface area (Å²) in [5.74, 6) is 1.46. The summed E-state index contributed by atoms with van der Waals surface area (Å²) in [6.45, 7) is 4.75. The minimum Gasteiger partial charge on any atom is -0.396 e. The van der Waals surface area contributed by atoms with E-state index in [0.717, 1.165) is 19.3 Å². The zero-order chi connectivity index (χ0) is 14.7. The van der Waals surface area contributed by atoms with Crippen molar-refractivity contribution in [1.82, 2.24) is 0 Å². The fourth-order valence-electron chi connectivity index (χ4n) is 7.18. The zero-order valence-electron chi connectivity index (χ0n) is 12.7. The van der Waals surface area contributed by atoms with Crippen LogP contribution in [0.2, 0.25) is 0 Å². The van der Waals surface area contributed by atoms with E-state index in [9.17, 15) is 14.7 Å². The number of allylic oxidation sites excluding steroid dienone is 2. The summed E-state index contributed by atoms with van der Waals surface area (Å²) in [6, 6.07) is 0. The van der Waals surface area contributed by atoms with E-state index in [0.29, 0.717) is 17.8 Å². The normalized spacial score (nSPS) is 56.6. The Morgan fingerprint density at radius 2 is 1.81 bits per heavy atom. The van der Waals surface area contributed by atoms with Crippen LogP contribution in [0.15, 0.2) is 11.1 Å². The van der Waals surface area contributed by atoms with Crippen LogP contribution in [-0.2, 0) is 9.59 Å². The van der Waals surface area contributed by atoms with Gasteiger partial charge in [0.2, 0.25) is 0 Å². The Morgan fingerprint density at radius 3 is 2.48 bits per heavy atom. The molecule has 5 aliphatic carbocycles. The summed E-state index contributed by atoms with van der Waals surface area (Å²) < 4.78 is 0. The second kappa shape index (κ2) is 3.34. The van der Waals surface area contributed by atoms with Crippen LogP contribution in [0.4, 0.5) is 0 Å². The molecule has 0 aromatic heterocycles. The first-order valence-corrected chi connectivity index (χ1v) is 8.35. The van der Waals surface area contributed by atoms with Crippen LogP contribution in [0.3, 0.4) is 0 Å². The highest BCUT2D eigenvalue weighted by Gasteiger charge is 2.72. The Labute approximate surface area is 124 Å². The predicted octanol–water partition coefficient (Wildman–Crippen LogP) is 2.14. The number of fused-ring (bicyclic) bond motifs is 11. The lowest BCUT2D eigenvalue weighted by Crippen LogP contribution is -2.39. The fourth-order valence-corrected chi connectivity index (χ4v) is 7.18. The number of rotatable bonds is 1. The molecule has 4 bridgehead atoms. The van der Waals surface area contributed by atoms with Gasteiger partial charge in [-0.3, -0.25) is 9.59 Å². The van der Waals surface area contributed by atoms with Crippen molar-refractivity contribution in [2.75, 3.05) is 6.61 Å². The second-order valence-corrected chi connectivity index (χ2v) is 8.48. The third kappa shape index (κ3) is 1.04. The Hall–Kier alpha value is -0.960. The van der Waals surface area contributed by atoms with Crippen molar-refractivity contribution in [3.05, 3.63) is 11.1 Å². The standard InChI is InChI=1S/C18H22O3/c1-17-4-3-10(18(17,2)7-19)13-8-5-9(16(13)17)15-12(21)6-11(20)14(8)15/h8-10,14-15,19H,3-7H2,1-2H3/t8-,9+,10+,14-,15+,17-,18-/m1/s1. The van der Waals surface area contributed by atoms with Gasteiger partial charge >= 0.3 is 0 Å². The number of aliphatic hydroxyl groups excluding tert-OH is 1. The Kier molecular flexibility index (Phi) is 2.00. The first-order chi connectivity index (χ1) is 9.94. The van der Waals surface area contributed by atoms with Gasteiger partial charge in [-0.1, -0.05) is 25.0 Å². The van der Waals surface area contributed by atoms with Crippen LogP contribution in [0.25, 0.3) is 0 Å². The average molecular weight is 286 g/mol. The maximum atomic E-state index is 12.3. The van der Waals surface area contributed by atoms with E-state index in [4.69, 9.17) is 0 Å². The van der Waals surface area contributed by atoms with E-state index in [1.807, 2.05) is 0 Å². The van der Waals surface area contributed by atoms with Gasteiger partial charge in [-0.15, -0.1) is 0 Å². The third-order valence-corrected chi connectivity index (χ3v) is 8.20. The minimum atomic E-state index is -0.0701. The highest BCUT2D eigenvalue weighted by molar-refractivity contribution is 6.10. The Bertz CT molecular complexity index is 632. The van der Waals surface area contributed by atoms with Crippen molar-refractivity contribution in [2.45, 2.75) is 39.5 Å². The number of aliphatic hydroxyl groups is 1. The summed E-state index contributed by atoms with van der Waals surface area (Å²) in [5, 5.41) is 10.1. The molecule has 0 heterocycles. The molecule has 0 aromatic carbocycles. The number of hydrogen-bond donors (Lipinski definition) is 1. The molecule has 1 N–H and O–H groups in total. The maximum absolute atomic E-state index is 12.3. The number of carbonyl (C=O) groups excluding carboxylic acids is 2. The van der Waals surface area contributed by atoms with Crippen molar-refractivity contribution < 1.29 is 14.7 Å². The second-order valence-electron chi connectivity index (χ2n) is 8.48. The molecule has 0 aliphatic heterocycles. The number of ketones is 2. The summed E-state index contributed by atoms with van der Waals surface area (Å²) in [7, 11) is 0. The smallest absolute Gasteiger partial charge is 0.144 e. The number of hydrogen-bond acceptors (Lipinski definition) is 3. The molecule has 0 amide bonds. The van der Waals surface area contributed by atoms with Gasteiger partial charge in [-0.2, -0.15) is 0 Å². The van der Waals surface area contributed by atoms with Gasteiger partial charge in [0.05, 0.1) is 6.42 Å². The van der Waals surface area contributed by atoms with E-state index < -0.39 is 0 Å². The highest BCUT2D eigenvalue weighted by Crippen LogP contribution is 2.77. The van der Waals surface area contributed by atoms with Crippen LogP contribution in [0, 0.1) is 40.4 Å². The monoisotopic (exact) mass is 286 g/mol. The summed E-state index contributed by atoms with van der Waals surface area (Å²) >= 11 is 0. The van der Waals surface area contributed by atoms with Crippen LogP contribution < -0.4 is 0 Å². The van der Waals surface area contributed by atoms with Gasteiger partial charge in [-0.25, -0.2) is 0 Å². The predicted molar refractivity (Wildman–Crippen MR) is 76.3 cm³/mol. The molecule has 3 nitrogen and oxygen atoms in total. The topological polar surface area (TPSA) is 54.4 Å². The SMILES string of the molecule is C[C@@]12CC[C@@H](C3=C1[C@H]1C[C@H]3[C@@H]3C(=O)CC(=O)[C@@H]31)[C@@]2(C)CO. The molecule has 21 heavy (non-hydrogen) atoms. The van der Waals surface area contributed by atoms with E-state index in [1.54, 1.807) is 0 Å². The van der Waals surface area contributed by atoms with Gasteiger partial charge in [0.1, 0.15) is 11.6 Å². The largest absolute Gasteiger partial charge is 0.396 e. The van der Waals surface area contributed by atoms with Gasteiger partial charge in [0.15, 0.2) is 0 Å². The van der Waals surface area contributed by atoms with Gasteiger partial charge in [0.25, 0.3) is 0 Å². The van der Waals surface area contributed by atoms with Crippen molar-refractivity contribution in [2.24, 2.45) is 40.4 Å². The first kappa shape index (κ1) is 12.6. The lowest BCUT2D eigenvalue weighted by molar-refractivity contribution is -0.123.